The number of phenolic OH excluding ortho intramolecular Hbond substituents is 1. The summed E-state index contributed by atoms with van der Waals surface area (Å²) in [5.41, 5.74) is 11.7. The molecule has 0 spiro atoms. The van der Waals surface area contributed by atoms with Crippen LogP contribution in [0.3, 0.4) is 0 Å². The number of benzene rings is 6. The number of phenols is 1. The summed E-state index contributed by atoms with van der Waals surface area (Å²) in [6.07, 6.45) is 4.37. The molecule has 1 aliphatic carbocycles. The van der Waals surface area contributed by atoms with Crippen molar-refractivity contribution in [2.24, 2.45) is 5.41 Å². The van der Waals surface area contributed by atoms with E-state index < -0.39 is 5.67 Å². The van der Waals surface area contributed by atoms with Gasteiger partial charge in [0.2, 0.25) is 0 Å². The fourth-order valence-corrected chi connectivity index (χ4v) is 9.69. The van der Waals surface area contributed by atoms with Crippen molar-refractivity contribution in [2.45, 2.75) is 111 Å². The number of aromatic nitrogens is 3. The van der Waals surface area contributed by atoms with Gasteiger partial charge in [-0.25, -0.2) is 9.37 Å². The molecule has 0 atom stereocenters. The molecule has 1 saturated carbocycles. The quantitative estimate of drug-likeness (QED) is 0.166. The molecule has 1 fully saturated rings. The van der Waals surface area contributed by atoms with Crippen LogP contribution in [0.1, 0.15) is 122 Å². The van der Waals surface area contributed by atoms with E-state index in [1.807, 2.05) is 30.5 Å². The van der Waals surface area contributed by atoms with E-state index in [0.29, 0.717) is 29.8 Å². The van der Waals surface area contributed by atoms with Gasteiger partial charge in [-0.15, -0.1) is 0 Å². The summed E-state index contributed by atoms with van der Waals surface area (Å²) in [5, 5.41) is 13.9. The smallest absolute Gasteiger partial charge is 0.150 e. The number of fused-ring (bicyclic) bond motifs is 2. The zero-order valence-corrected chi connectivity index (χ0v) is 38.4. The third-order valence-corrected chi connectivity index (χ3v) is 13.6. The summed E-state index contributed by atoms with van der Waals surface area (Å²) in [4.78, 5) is 10.6. The van der Waals surface area contributed by atoms with Gasteiger partial charge in [0.1, 0.15) is 17.2 Å². The van der Waals surface area contributed by atoms with E-state index in [9.17, 15) is 5.11 Å². The van der Waals surface area contributed by atoms with Crippen LogP contribution >= 0.6 is 0 Å². The number of halogens is 1. The topological polar surface area (TPSA) is 50.9 Å². The van der Waals surface area contributed by atoms with Gasteiger partial charge >= 0.3 is 0 Å². The lowest BCUT2D eigenvalue weighted by molar-refractivity contribution is 0.0521. The van der Waals surface area contributed by atoms with Gasteiger partial charge in [0, 0.05) is 17.3 Å². The van der Waals surface area contributed by atoms with E-state index in [1.54, 1.807) is 6.07 Å². The molecule has 0 aliphatic heterocycles. The minimum absolute atomic E-state index is 0.0724. The predicted octanol–water partition coefficient (Wildman–Crippen LogP) is 16.3. The van der Waals surface area contributed by atoms with Crippen molar-refractivity contribution in [3.8, 4) is 56.3 Å². The van der Waals surface area contributed by atoms with Gasteiger partial charge in [-0.3, -0.25) is 9.55 Å². The van der Waals surface area contributed by atoms with Crippen molar-refractivity contribution in [3.05, 3.63) is 156 Å². The fraction of sp³-hybridized carbons (Fsp3) is 0.310. The number of rotatable bonds is 8. The Morgan fingerprint density at radius 1 is 0.667 bits per heavy atom. The van der Waals surface area contributed by atoms with Gasteiger partial charge < -0.3 is 5.11 Å². The Bertz CT molecular complexity index is 2970. The van der Waals surface area contributed by atoms with Crippen LogP contribution in [0.5, 0.6) is 5.75 Å². The van der Waals surface area contributed by atoms with Gasteiger partial charge in [-0.05, 0) is 141 Å². The molecule has 1 aliphatic rings. The lowest BCUT2D eigenvalue weighted by Gasteiger charge is -2.39. The van der Waals surface area contributed by atoms with E-state index in [1.165, 1.54) is 11.1 Å². The molecule has 4 nitrogen and oxygen atoms in total. The second kappa shape index (κ2) is 15.9. The molecule has 6 aromatic carbocycles. The maximum atomic E-state index is 18.2. The molecule has 2 heterocycles. The van der Waals surface area contributed by atoms with Crippen LogP contribution in [0, 0.1) is 5.41 Å². The van der Waals surface area contributed by atoms with Gasteiger partial charge in [-0.1, -0.05) is 147 Å². The number of nitrogens with zero attached hydrogens (tertiary/aromatic N) is 3. The van der Waals surface area contributed by atoms with Gasteiger partial charge in [-0.2, -0.15) is 0 Å². The van der Waals surface area contributed by atoms with Crippen molar-refractivity contribution in [3.63, 3.8) is 0 Å². The largest absolute Gasteiger partial charge is 0.507 e. The van der Waals surface area contributed by atoms with E-state index in [0.717, 1.165) is 79.4 Å². The average Bonchev–Trinajstić information content (AvgIpc) is 3.65. The minimum atomic E-state index is -1.54. The molecular formula is C58H60FN3O. The first-order chi connectivity index (χ1) is 30.0. The Labute approximate surface area is 372 Å². The third kappa shape index (κ3) is 7.85. The molecule has 2 aromatic heterocycles. The summed E-state index contributed by atoms with van der Waals surface area (Å²) in [7, 11) is 0. The van der Waals surface area contributed by atoms with Crippen molar-refractivity contribution in [1.82, 2.24) is 14.5 Å². The standard InChI is InChI=1S/C58H60FN3O/c1-36(2)45-20-15-21-46(37(3)4)54(45)62-50-35-44(58(59)27-25-57(8,9)26-28-58)34-48(53(50)61-55(62)52-47-19-14-13-18-39(47)22-23-51(52)63)41-30-42(32-43(31-41)56(5,6)7)49-33-40(24-29-60-49)38-16-11-10-12-17-38/h10-24,29-37,63H,25-28H2,1-9H3. The Kier molecular flexibility index (Phi) is 10.7. The number of imidazole rings is 1. The van der Waals surface area contributed by atoms with Crippen molar-refractivity contribution < 1.29 is 9.50 Å². The molecule has 320 valence electrons. The van der Waals surface area contributed by atoms with Gasteiger partial charge in [0.15, 0.2) is 0 Å². The van der Waals surface area contributed by atoms with Crippen LogP contribution in [-0.4, -0.2) is 19.6 Å². The zero-order chi connectivity index (χ0) is 44.4. The first-order valence-electron chi connectivity index (χ1n) is 22.8. The van der Waals surface area contributed by atoms with E-state index in [2.05, 4.69) is 164 Å². The molecule has 0 radical (unpaired) electrons. The van der Waals surface area contributed by atoms with Gasteiger partial charge in [0.05, 0.1) is 28.0 Å². The number of aromatic hydroxyl groups is 1. The first kappa shape index (κ1) is 42.2. The van der Waals surface area contributed by atoms with Crippen LogP contribution in [0.2, 0.25) is 0 Å². The van der Waals surface area contributed by atoms with E-state index in [-0.39, 0.29) is 28.4 Å². The second-order valence-corrected chi connectivity index (χ2v) is 20.4. The number of pyridine rings is 1. The number of para-hydroxylation sites is 1. The summed E-state index contributed by atoms with van der Waals surface area (Å²) >= 11 is 0. The van der Waals surface area contributed by atoms with Crippen molar-refractivity contribution in [1.29, 1.82) is 0 Å². The van der Waals surface area contributed by atoms with Crippen LogP contribution in [0.15, 0.2) is 134 Å². The predicted molar refractivity (Wildman–Crippen MR) is 262 cm³/mol. The molecule has 0 amide bonds. The monoisotopic (exact) mass is 833 g/mol. The number of hydrogen-bond acceptors (Lipinski definition) is 3. The summed E-state index contributed by atoms with van der Waals surface area (Å²) in [5.74, 6) is 1.13. The molecule has 63 heavy (non-hydrogen) atoms. The van der Waals surface area contributed by atoms with Crippen LogP contribution in [0.25, 0.3) is 72.4 Å². The lowest BCUT2D eigenvalue weighted by Crippen LogP contribution is -2.31. The number of hydrogen-bond donors (Lipinski definition) is 1. The Morgan fingerprint density at radius 2 is 1.33 bits per heavy atom. The highest BCUT2D eigenvalue weighted by Crippen LogP contribution is 2.51. The minimum Gasteiger partial charge on any atom is -0.507 e. The molecule has 0 unspecified atom stereocenters. The van der Waals surface area contributed by atoms with Gasteiger partial charge in [0.25, 0.3) is 0 Å². The highest BCUT2D eigenvalue weighted by molar-refractivity contribution is 6.03. The Morgan fingerprint density at radius 3 is 2.02 bits per heavy atom. The highest BCUT2D eigenvalue weighted by atomic mass is 19.1. The highest BCUT2D eigenvalue weighted by Gasteiger charge is 2.41. The van der Waals surface area contributed by atoms with Crippen LogP contribution in [0.4, 0.5) is 4.39 Å². The average molecular weight is 834 g/mol. The first-order valence-corrected chi connectivity index (χ1v) is 22.8. The van der Waals surface area contributed by atoms with Crippen LogP contribution < -0.4 is 0 Å². The SMILES string of the molecule is CC(C)c1cccc(C(C)C)c1-n1c(-c2c(O)ccc3ccccc23)nc2c(-c3cc(-c4cc(-c5ccccc5)ccn4)cc(C(C)(C)C)c3)cc(C3(F)CCC(C)(C)CC3)cc21. The molecule has 8 aromatic rings. The maximum absolute atomic E-state index is 18.2. The summed E-state index contributed by atoms with van der Waals surface area (Å²) < 4.78 is 20.4. The molecular weight excluding hydrogens is 774 g/mol. The fourth-order valence-electron chi connectivity index (χ4n) is 9.69. The summed E-state index contributed by atoms with van der Waals surface area (Å²) in [6.45, 7) is 20.2. The molecule has 1 N–H and O–H groups in total. The summed E-state index contributed by atoms with van der Waals surface area (Å²) in [6, 6.07) is 44.1. The lowest BCUT2D eigenvalue weighted by atomic mass is 9.69. The Hall–Kier alpha value is -6.07. The molecule has 5 heteroatoms. The third-order valence-electron chi connectivity index (χ3n) is 13.6. The van der Waals surface area contributed by atoms with Crippen molar-refractivity contribution >= 4 is 21.8 Å². The Balaban J connectivity index is 1.42. The maximum Gasteiger partial charge on any atom is 0.150 e. The molecule has 0 saturated heterocycles. The molecule has 0 bridgehead atoms. The van der Waals surface area contributed by atoms with E-state index in [4.69, 9.17) is 9.97 Å². The van der Waals surface area contributed by atoms with Crippen molar-refractivity contribution in [2.75, 3.05) is 0 Å². The normalized spacial score (nSPS) is 15.2. The second-order valence-electron chi connectivity index (χ2n) is 20.4. The molecule has 9 rings (SSSR count). The van der Waals surface area contributed by atoms with E-state index >= 15 is 4.39 Å². The van der Waals surface area contributed by atoms with Crippen LogP contribution in [-0.2, 0) is 11.1 Å². The zero-order valence-electron chi connectivity index (χ0n) is 38.4. The number of alkyl halides is 1.